The molecule has 0 N–H and O–H groups in total. The van der Waals surface area contributed by atoms with Crippen molar-refractivity contribution in [3.05, 3.63) is 457 Å². The number of benzene rings is 18. The van der Waals surface area contributed by atoms with E-state index in [0.29, 0.717) is 0 Å². The van der Waals surface area contributed by atoms with Crippen LogP contribution in [-0.2, 0) is 10.8 Å². The first-order valence-electron chi connectivity index (χ1n) is 41.2. The van der Waals surface area contributed by atoms with Crippen molar-refractivity contribution in [3.63, 3.8) is 0 Å². The van der Waals surface area contributed by atoms with E-state index in [4.69, 9.17) is 0 Å². The summed E-state index contributed by atoms with van der Waals surface area (Å²) in [6.45, 7) is 9.00. The summed E-state index contributed by atoms with van der Waals surface area (Å²) >= 11 is 0. The molecule has 0 bridgehead atoms. The van der Waals surface area contributed by atoms with E-state index in [1.54, 1.807) is 0 Å². The minimum atomic E-state index is -0.469. The fraction of sp³-hybridized carbons (Fsp3) is 0.0526. The van der Waals surface area contributed by atoms with E-state index in [-0.39, 0.29) is 5.41 Å². The molecule has 4 heteroatoms. The zero-order valence-corrected chi connectivity index (χ0v) is 66.0. The Morgan fingerprint density at radius 2 is 0.483 bits per heavy atom. The summed E-state index contributed by atoms with van der Waals surface area (Å²) in [5, 5.41) is 10.0. The van der Waals surface area contributed by atoms with Gasteiger partial charge in [0.2, 0.25) is 0 Å². The standard InChI is InChI=1S/C62H42N2.C52H38N2/c1-41-24-26-42(27-25-41)43-28-32-48(33-29-43)63-58-22-12-9-19-52(58)54-38-44(30-36-60(54)63)45-31-37-61-55(39-45)53-20-10-13-23-59(53)64(61)49-34-35-51-50-18-8-11-21-56(50)62(57(51)40-49,46-14-4-2-5-15-46)47-16-6-3-7-17-47;1-33-11-10-12-35(29-33)34-19-23-38(24-20-34)53-48-17-8-5-14-42(48)44-30-36(21-27-50(44)53)37-22-28-51-45(31-37)43-15-6-9-18-49(43)54(51)39-25-26-41-40-13-4-7-16-46(40)52(2,3)47(41)32-39/h2-40H,1H3;4-32H,1-3H3. The van der Waals surface area contributed by atoms with Crippen LogP contribution in [0, 0.1) is 13.8 Å². The molecular formula is C114H80N4. The van der Waals surface area contributed by atoms with Gasteiger partial charge in [0.25, 0.3) is 0 Å². The minimum absolute atomic E-state index is 0.0551. The monoisotopic (exact) mass is 1500 g/mol. The Balaban J connectivity index is 0.000000140. The number of aryl methyl sites for hydroxylation is 2. The van der Waals surface area contributed by atoms with Crippen LogP contribution in [0.15, 0.2) is 413 Å². The maximum Gasteiger partial charge on any atom is 0.0714 e. The number of para-hydroxylation sites is 4. The van der Waals surface area contributed by atoms with Crippen LogP contribution in [-0.4, -0.2) is 18.3 Å². The van der Waals surface area contributed by atoms with Crippen LogP contribution in [0.3, 0.4) is 0 Å². The lowest BCUT2D eigenvalue weighted by molar-refractivity contribution is 0.660. The number of nitrogens with zero attached hydrogens (tertiary/aromatic N) is 4. The predicted molar refractivity (Wildman–Crippen MR) is 496 cm³/mol. The Hall–Kier alpha value is -14.8. The molecule has 18 aromatic carbocycles. The molecule has 0 amide bonds. The smallest absolute Gasteiger partial charge is 0.0714 e. The van der Waals surface area contributed by atoms with Gasteiger partial charge in [-0.1, -0.05) is 316 Å². The SMILES string of the molecule is Cc1ccc(-c2ccc(-n3c4ccccc4c4cc(-c5ccc6c(c5)c5ccccc5n6-c5ccc6c(c5)C(c5ccccc5)(c5ccccc5)c5ccccc5-6)ccc43)cc2)cc1.Cc1cccc(-c2ccc(-n3c4ccccc4c4cc(-c5ccc6c(c5)c5ccccc5n6-c5ccc6c(c5)C(C)(C)c5ccccc5-6)ccc43)cc2)c1. The van der Waals surface area contributed by atoms with Crippen molar-refractivity contribution in [2.45, 2.75) is 38.5 Å². The highest BCUT2D eigenvalue weighted by atomic mass is 15.0. The quantitative estimate of drug-likeness (QED) is 0.130. The second-order valence-corrected chi connectivity index (χ2v) is 32.8. The molecule has 0 radical (unpaired) electrons. The normalized spacial score (nSPS) is 13.1. The summed E-state index contributed by atoms with van der Waals surface area (Å²) in [5.41, 5.74) is 39.4. The van der Waals surface area contributed by atoms with E-state index in [0.717, 1.165) is 11.4 Å². The van der Waals surface area contributed by atoms with E-state index < -0.39 is 5.41 Å². The first kappa shape index (κ1) is 68.7. The Morgan fingerprint density at radius 3 is 0.915 bits per heavy atom. The minimum Gasteiger partial charge on any atom is -0.309 e. The maximum atomic E-state index is 2.47. The highest BCUT2D eigenvalue weighted by Crippen LogP contribution is 2.57. The third-order valence-corrected chi connectivity index (χ3v) is 25.9. The third-order valence-electron chi connectivity index (χ3n) is 25.9. The first-order valence-corrected chi connectivity index (χ1v) is 41.2. The highest BCUT2D eigenvalue weighted by Gasteiger charge is 2.46. The van der Waals surface area contributed by atoms with E-state index in [2.05, 4.69) is 458 Å². The Bertz CT molecular complexity index is 7780. The molecule has 24 rings (SSSR count). The summed E-state index contributed by atoms with van der Waals surface area (Å²) in [6.07, 6.45) is 0. The molecule has 22 aromatic rings. The largest absolute Gasteiger partial charge is 0.309 e. The molecule has 4 nitrogen and oxygen atoms in total. The fourth-order valence-corrected chi connectivity index (χ4v) is 20.3. The van der Waals surface area contributed by atoms with Gasteiger partial charge in [-0.3, -0.25) is 0 Å². The molecule has 118 heavy (non-hydrogen) atoms. The van der Waals surface area contributed by atoms with Gasteiger partial charge in [0.1, 0.15) is 0 Å². The van der Waals surface area contributed by atoms with E-state index in [1.165, 1.54) is 210 Å². The van der Waals surface area contributed by atoms with Crippen molar-refractivity contribution >= 4 is 87.2 Å². The van der Waals surface area contributed by atoms with Crippen molar-refractivity contribution in [2.75, 3.05) is 0 Å². The van der Waals surface area contributed by atoms with Gasteiger partial charge >= 0.3 is 0 Å². The summed E-state index contributed by atoms with van der Waals surface area (Å²) < 4.78 is 9.74. The second-order valence-electron chi connectivity index (χ2n) is 32.8. The maximum absolute atomic E-state index is 2.47. The number of hydrogen-bond acceptors (Lipinski definition) is 0. The summed E-state index contributed by atoms with van der Waals surface area (Å²) in [5.74, 6) is 0. The highest BCUT2D eigenvalue weighted by molar-refractivity contribution is 6.15. The van der Waals surface area contributed by atoms with Crippen LogP contribution < -0.4 is 0 Å². The van der Waals surface area contributed by atoms with Crippen LogP contribution in [0.2, 0.25) is 0 Å². The Kier molecular flexibility index (Phi) is 15.7. The van der Waals surface area contributed by atoms with Crippen LogP contribution >= 0.6 is 0 Å². The summed E-state index contributed by atoms with van der Waals surface area (Å²) in [7, 11) is 0. The average Bonchev–Trinajstić information content (AvgIpc) is 1.53. The van der Waals surface area contributed by atoms with Crippen LogP contribution in [0.1, 0.15) is 58.4 Å². The lowest BCUT2D eigenvalue weighted by atomic mass is 9.67. The Labute approximate surface area is 685 Å². The molecular weight excluding hydrogens is 1430 g/mol. The van der Waals surface area contributed by atoms with Crippen molar-refractivity contribution in [1.82, 2.24) is 18.3 Å². The predicted octanol–water partition coefficient (Wildman–Crippen LogP) is 29.7. The molecule has 0 aliphatic heterocycles. The van der Waals surface area contributed by atoms with Gasteiger partial charge in [0, 0.05) is 71.3 Å². The van der Waals surface area contributed by atoms with Gasteiger partial charge in [0.05, 0.1) is 49.5 Å². The molecule has 0 saturated carbocycles. The van der Waals surface area contributed by atoms with Gasteiger partial charge in [-0.05, 0) is 235 Å². The lowest BCUT2D eigenvalue weighted by Gasteiger charge is -2.34. The summed E-state index contributed by atoms with van der Waals surface area (Å²) in [4.78, 5) is 0. The number of rotatable bonds is 10. The van der Waals surface area contributed by atoms with Gasteiger partial charge in [0.15, 0.2) is 0 Å². The molecule has 0 atom stereocenters. The average molecular weight is 1510 g/mol. The number of aromatic nitrogens is 4. The molecule has 0 fully saturated rings. The molecule has 0 saturated heterocycles. The van der Waals surface area contributed by atoms with E-state index in [1.807, 2.05) is 0 Å². The van der Waals surface area contributed by atoms with Gasteiger partial charge in [-0.25, -0.2) is 0 Å². The van der Waals surface area contributed by atoms with Crippen LogP contribution in [0.5, 0.6) is 0 Å². The number of fused-ring (bicyclic) bond motifs is 18. The summed E-state index contributed by atoms with van der Waals surface area (Å²) in [6, 6.07) is 153. The molecule has 556 valence electrons. The van der Waals surface area contributed by atoms with Crippen molar-refractivity contribution in [1.29, 1.82) is 0 Å². The van der Waals surface area contributed by atoms with Crippen molar-refractivity contribution < 1.29 is 0 Å². The van der Waals surface area contributed by atoms with E-state index >= 15 is 0 Å². The number of hydrogen-bond donors (Lipinski definition) is 0. The first-order chi connectivity index (χ1) is 58.1. The fourth-order valence-electron chi connectivity index (χ4n) is 20.3. The van der Waals surface area contributed by atoms with E-state index in [9.17, 15) is 0 Å². The van der Waals surface area contributed by atoms with Gasteiger partial charge in [-0.15, -0.1) is 0 Å². The van der Waals surface area contributed by atoms with Crippen LogP contribution in [0.4, 0.5) is 0 Å². The molecule has 0 spiro atoms. The topological polar surface area (TPSA) is 19.7 Å². The van der Waals surface area contributed by atoms with Gasteiger partial charge < -0.3 is 18.3 Å². The molecule has 4 aromatic heterocycles. The second kappa shape index (κ2) is 26.9. The zero-order chi connectivity index (χ0) is 78.5. The molecule has 2 aliphatic carbocycles. The zero-order valence-electron chi connectivity index (χ0n) is 66.0. The van der Waals surface area contributed by atoms with Crippen LogP contribution in [0.25, 0.3) is 177 Å². The Morgan fingerprint density at radius 1 is 0.178 bits per heavy atom. The van der Waals surface area contributed by atoms with Gasteiger partial charge in [-0.2, -0.15) is 0 Å². The molecule has 0 unspecified atom stereocenters. The van der Waals surface area contributed by atoms with Crippen molar-refractivity contribution in [2.24, 2.45) is 0 Å². The molecule has 2 aliphatic rings. The lowest BCUT2D eigenvalue weighted by Crippen LogP contribution is -2.28. The van der Waals surface area contributed by atoms with Crippen molar-refractivity contribution in [3.8, 4) is 89.5 Å². The molecule has 4 heterocycles. The third kappa shape index (κ3) is 10.6.